The van der Waals surface area contributed by atoms with Crippen LogP contribution in [0.15, 0.2) is 35.3 Å². The lowest BCUT2D eigenvalue weighted by molar-refractivity contribution is 0.395. The summed E-state index contributed by atoms with van der Waals surface area (Å²) < 4.78 is 8.60. The van der Waals surface area contributed by atoms with E-state index >= 15 is 0 Å². The quantitative estimate of drug-likeness (QED) is 0.625. The molecular weight excluding hydrogens is 304 g/mol. The van der Waals surface area contributed by atoms with Gasteiger partial charge in [0.15, 0.2) is 4.96 Å². The molecule has 0 aliphatic heterocycles. The van der Waals surface area contributed by atoms with E-state index < -0.39 is 0 Å². The third-order valence-corrected chi connectivity index (χ3v) is 4.86. The number of rotatable bonds is 4. The number of imidazole rings is 1. The second-order valence-electron chi connectivity index (χ2n) is 4.51. The number of nitrogens with zero attached hydrogens (tertiary/aromatic N) is 3. The predicted octanol–water partition coefficient (Wildman–Crippen LogP) is 3.63. The highest BCUT2D eigenvalue weighted by atomic mass is 32.1. The molecule has 0 amide bonds. The fourth-order valence-corrected chi connectivity index (χ4v) is 3.73. The average Bonchev–Trinajstić information content (AvgIpc) is 3.19. The summed E-state index contributed by atoms with van der Waals surface area (Å²) in [5.41, 5.74) is 4.99. The number of nitrogens with one attached hydrogen (secondary N) is 1. The third-order valence-electron chi connectivity index (χ3n) is 3.31. The van der Waals surface area contributed by atoms with Crippen molar-refractivity contribution in [1.29, 1.82) is 0 Å². The van der Waals surface area contributed by atoms with Crippen molar-refractivity contribution in [3.63, 3.8) is 0 Å². The lowest BCUT2D eigenvalue weighted by atomic mass is 10.3. The van der Waals surface area contributed by atoms with Crippen LogP contribution in [0.5, 0.6) is 5.88 Å². The van der Waals surface area contributed by atoms with Gasteiger partial charge in [0.05, 0.1) is 29.4 Å². The van der Waals surface area contributed by atoms with Gasteiger partial charge in [-0.3, -0.25) is 4.40 Å². The number of hydrogen-bond donors (Lipinski definition) is 1. The molecule has 0 atom stereocenters. The predicted molar refractivity (Wildman–Crippen MR) is 86.6 cm³/mol. The zero-order valence-corrected chi connectivity index (χ0v) is 12.9. The van der Waals surface area contributed by atoms with Crippen molar-refractivity contribution in [3.05, 3.63) is 41.0 Å². The van der Waals surface area contributed by atoms with Gasteiger partial charge in [-0.1, -0.05) is 0 Å². The zero-order valence-electron chi connectivity index (χ0n) is 11.2. The minimum absolute atomic E-state index is 0.658. The van der Waals surface area contributed by atoms with Crippen LogP contribution in [-0.2, 0) is 6.54 Å². The number of fused-ring (bicyclic) bond motifs is 2. The van der Waals surface area contributed by atoms with Gasteiger partial charge in [0.1, 0.15) is 5.69 Å². The van der Waals surface area contributed by atoms with E-state index in [0.717, 1.165) is 21.9 Å². The van der Waals surface area contributed by atoms with Crippen molar-refractivity contribution >= 4 is 43.5 Å². The third kappa shape index (κ3) is 2.14. The summed E-state index contributed by atoms with van der Waals surface area (Å²) in [6.07, 6.45) is 2.01. The largest absolute Gasteiger partial charge is 0.480 e. The van der Waals surface area contributed by atoms with Gasteiger partial charge in [-0.25, -0.2) is 4.98 Å². The van der Waals surface area contributed by atoms with Gasteiger partial charge < -0.3 is 10.1 Å². The van der Waals surface area contributed by atoms with E-state index in [1.165, 1.54) is 4.70 Å². The molecule has 0 fully saturated rings. The molecule has 1 N–H and O–H groups in total. The molecule has 5 nitrogen and oxygen atoms in total. The molecule has 0 unspecified atom stereocenters. The lowest BCUT2D eigenvalue weighted by Gasteiger charge is -2.07. The first-order valence-electron chi connectivity index (χ1n) is 6.40. The Morgan fingerprint density at radius 3 is 3.19 bits per heavy atom. The van der Waals surface area contributed by atoms with Crippen LogP contribution < -0.4 is 10.1 Å². The van der Waals surface area contributed by atoms with Crippen LogP contribution in [0.25, 0.3) is 15.2 Å². The van der Waals surface area contributed by atoms with Crippen LogP contribution in [0.1, 0.15) is 5.69 Å². The van der Waals surface area contributed by atoms with E-state index in [1.54, 1.807) is 29.8 Å². The van der Waals surface area contributed by atoms with Crippen LogP contribution in [-0.4, -0.2) is 21.5 Å². The molecule has 0 saturated heterocycles. The van der Waals surface area contributed by atoms with E-state index in [-0.39, 0.29) is 0 Å². The van der Waals surface area contributed by atoms with Crippen molar-refractivity contribution < 1.29 is 4.74 Å². The van der Waals surface area contributed by atoms with Crippen LogP contribution in [0.4, 0.5) is 5.69 Å². The fourth-order valence-electron chi connectivity index (χ4n) is 2.29. The number of hydrogen-bond acceptors (Lipinski definition) is 6. The number of thiazole rings is 2. The summed E-state index contributed by atoms with van der Waals surface area (Å²) in [5, 5.41) is 5.45. The first-order valence-corrected chi connectivity index (χ1v) is 8.16. The van der Waals surface area contributed by atoms with Gasteiger partial charge in [0.25, 0.3) is 0 Å². The summed E-state index contributed by atoms with van der Waals surface area (Å²) in [4.78, 5) is 9.69. The zero-order chi connectivity index (χ0) is 14.2. The standard InChI is InChI=1S/C14H12N4OS2/c1-19-13-11(18-4-5-20-14(18)17-13)7-15-9-2-3-10-12(6-9)21-8-16-10/h2-6,8,15H,7H2,1H3. The maximum atomic E-state index is 5.36. The molecular formula is C14H12N4OS2. The van der Waals surface area contributed by atoms with Gasteiger partial charge in [-0.05, 0) is 18.2 Å². The molecule has 4 rings (SSSR count). The summed E-state index contributed by atoms with van der Waals surface area (Å²) in [5.74, 6) is 0.674. The van der Waals surface area contributed by atoms with Gasteiger partial charge in [0.2, 0.25) is 5.88 Å². The molecule has 0 spiro atoms. The molecule has 0 radical (unpaired) electrons. The van der Waals surface area contributed by atoms with Crippen molar-refractivity contribution in [1.82, 2.24) is 14.4 Å². The minimum Gasteiger partial charge on any atom is -0.480 e. The van der Waals surface area contributed by atoms with Crippen LogP contribution in [0.2, 0.25) is 0 Å². The second-order valence-corrected chi connectivity index (χ2v) is 6.27. The van der Waals surface area contributed by atoms with Crippen LogP contribution in [0, 0.1) is 0 Å². The van der Waals surface area contributed by atoms with Gasteiger partial charge >= 0.3 is 0 Å². The molecule has 21 heavy (non-hydrogen) atoms. The lowest BCUT2D eigenvalue weighted by Crippen LogP contribution is -2.03. The van der Waals surface area contributed by atoms with E-state index in [4.69, 9.17) is 4.74 Å². The van der Waals surface area contributed by atoms with E-state index in [0.29, 0.717) is 12.4 Å². The summed E-state index contributed by atoms with van der Waals surface area (Å²) in [6, 6.07) is 6.19. The van der Waals surface area contributed by atoms with Gasteiger partial charge in [0, 0.05) is 17.3 Å². The Hall–Kier alpha value is -2.12. The van der Waals surface area contributed by atoms with Crippen LogP contribution >= 0.6 is 22.7 Å². The number of aromatic nitrogens is 3. The molecule has 3 heterocycles. The second kappa shape index (κ2) is 5.01. The number of anilines is 1. The summed E-state index contributed by atoms with van der Waals surface area (Å²) >= 11 is 3.24. The smallest absolute Gasteiger partial charge is 0.238 e. The Morgan fingerprint density at radius 2 is 2.29 bits per heavy atom. The normalized spacial score (nSPS) is 11.3. The Balaban J connectivity index is 1.63. The molecule has 4 aromatic rings. The van der Waals surface area contributed by atoms with Crippen molar-refractivity contribution in [2.75, 3.05) is 12.4 Å². The molecule has 106 valence electrons. The Kier molecular flexibility index (Phi) is 3.01. The molecule has 0 bridgehead atoms. The number of benzene rings is 1. The van der Waals surface area contributed by atoms with Crippen molar-refractivity contribution in [2.24, 2.45) is 0 Å². The van der Waals surface area contributed by atoms with E-state index in [1.807, 2.05) is 29.2 Å². The molecule has 7 heteroatoms. The highest BCUT2D eigenvalue weighted by molar-refractivity contribution is 7.16. The molecule has 0 aliphatic carbocycles. The molecule has 1 aromatic carbocycles. The highest BCUT2D eigenvalue weighted by Crippen LogP contribution is 2.25. The number of ether oxygens (including phenoxy) is 1. The topological polar surface area (TPSA) is 51.5 Å². The SMILES string of the molecule is COc1nc2sccn2c1CNc1ccc2ncsc2c1. The van der Waals surface area contributed by atoms with Crippen molar-refractivity contribution in [3.8, 4) is 5.88 Å². The molecule has 0 saturated carbocycles. The van der Waals surface area contributed by atoms with Gasteiger partial charge in [-0.15, -0.1) is 22.7 Å². The fraction of sp³-hybridized carbons (Fsp3) is 0.143. The first-order chi connectivity index (χ1) is 10.3. The van der Waals surface area contributed by atoms with E-state index in [2.05, 4.69) is 25.8 Å². The van der Waals surface area contributed by atoms with E-state index in [9.17, 15) is 0 Å². The average molecular weight is 316 g/mol. The molecule has 0 aliphatic rings. The number of methoxy groups -OCH3 is 1. The Labute approximate surface area is 128 Å². The molecule has 3 aromatic heterocycles. The summed E-state index contributed by atoms with van der Waals surface area (Å²) in [6.45, 7) is 0.658. The minimum atomic E-state index is 0.658. The van der Waals surface area contributed by atoms with Crippen molar-refractivity contribution in [2.45, 2.75) is 6.54 Å². The summed E-state index contributed by atoms with van der Waals surface area (Å²) in [7, 11) is 1.65. The first kappa shape index (κ1) is 12.6. The monoisotopic (exact) mass is 316 g/mol. The Bertz CT molecular complexity index is 908. The Morgan fingerprint density at radius 1 is 1.33 bits per heavy atom. The van der Waals surface area contributed by atoms with Crippen LogP contribution in [0.3, 0.4) is 0 Å². The maximum Gasteiger partial charge on any atom is 0.238 e. The van der Waals surface area contributed by atoms with Gasteiger partial charge in [-0.2, -0.15) is 4.98 Å². The highest BCUT2D eigenvalue weighted by Gasteiger charge is 2.13. The maximum absolute atomic E-state index is 5.36.